The summed E-state index contributed by atoms with van der Waals surface area (Å²) in [6, 6.07) is 7.31. The van der Waals surface area contributed by atoms with Crippen LogP contribution in [0.25, 0.3) is 11.1 Å². The van der Waals surface area contributed by atoms with Crippen LogP contribution < -0.4 is 11.2 Å². The fourth-order valence-electron chi connectivity index (χ4n) is 2.08. The monoisotopic (exact) mass is 340 g/mol. The van der Waals surface area contributed by atoms with Crippen LogP contribution in [0.15, 0.2) is 38.3 Å². The highest BCUT2D eigenvalue weighted by Crippen LogP contribution is 2.34. The third-order valence-electron chi connectivity index (χ3n) is 3.14. The van der Waals surface area contributed by atoms with E-state index in [2.05, 4.69) is 20.9 Å². The number of rotatable bonds is 2. The molecule has 0 atom stereocenters. The van der Waals surface area contributed by atoms with Crippen LogP contribution in [0.4, 0.5) is 0 Å². The molecule has 1 N–H and O–H groups in total. The van der Waals surface area contributed by atoms with Crippen LogP contribution in [0, 0.1) is 0 Å². The van der Waals surface area contributed by atoms with Crippen molar-refractivity contribution in [2.75, 3.05) is 0 Å². The molecule has 0 bridgehead atoms. The van der Waals surface area contributed by atoms with Crippen LogP contribution in [0.2, 0.25) is 5.15 Å². The molecule has 0 unspecified atom stereocenters. The van der Waals surface area contributed by atoms with E-state index in [-0.39, 0.29) is 16.8 Å². The Balaban J connectivity index is 2.33. The second-order valence-corrected chi connectivity index (χ2v) is 5.74. The lowest BCUT2D eigenvalue weighted by Gasteiger charge is -2.09. The molecule has 0 radical (unpaired) electrons. The molecule has 4 nitrogen and oxygen atoms in total. The van der Waals surface area contributed by atoms with Crippen molar-refractivity contribution in [2.24, 2.45) is 0 Å². The first-order valence-corrected chi connectivity index (χ1v) is 7.06. The molecule has 1 aromatic heterocycles. The van der Waals surface area contributed by atoms with Gasteiger partial charge in [0, 0.05) is 16.1 Å². The molecule has 1 aromatic carbocycles. The van der Waals surface area contributed by atoms with Crippen LogP contribution in [0.1, 0.15) is 18.9 Å². The van der Waals surface area contributed by atoms with Crippen molar-refractivity contribution in [3.8, 4) is 11.1 Å². The number of nitrogens with one attached hydrogen (secondary N) is 1. The number of nitrogens with zero attached hydrogens (tertiary/aromatic N) is 1. The number of hydrogen-bond donors (Lipinski definition) is 1. The van der Waals surface area contributed by atoms with Gasteiger partial charge in [-0.3, -0.25) is 14.3 Å². The van der Waals surface area contributed by atoms with Crippen molar-refractivity contribution < 1.29 is 0 Å². The summed E-state index contributed by atoms with van der Waals surface area (Å²) < 4.78 is 2.03. The summed E-state index contributed by atoms with van der Waals surface area (Å²) >= 11 is 9.45. The quantitative estimate of drug-likeness (QED) is 0.854. The summed E-state index contributed by atoms with van der Waals surface area (Å²) in [5.74, 6) is 0. The first-order chi connectivity index (χ1) is 9.09. The minimum absolute atomic E-state index is 0.00903. The van der Waals surface area contributed by atoms with Crippen LogP contribution in [0.5, 0.6) is 0 Å². The maximum absolute atomic E-state index is 12.5. The van der Waals surface area contributed by atoms with Crippen molar-refractivity contribution in [3.63, 3.8) is 0 Å². The molecule has 1 saturated carbocycles. The molecule has 1 heterocycles. The average molecular weight is 342 g/mol. The van der Waals surface area contributed by atoms with E-state index >= 15 is 0 Å². The summed E-state index contributed by atoms with van der Waals surface area (Å²) in [6.45, 7) is 0. The molecule has 1 fully saturated rings. The van der Waals surface area contributed by atoms with Crippen molar-refractivity contribution in [1.82, 2.24) is 9.55 Å². The lowest BCUT2D eigenvalue weighted by Crippen LogP contribution is -2.35. The topological polar surface area (TPSA) is 54.9 Å². The Kier molecular flexibility index (Phi) is 3.11. The predicted molar refractivity (Wildman–Crippen MR) is 77.7 cm³/mol. The van der Waals surface area contributed by atoms with Gasteiger partial charge in [-0.25, -0.2) is 4.79 Å². The molecular weight excluding hydrogens is 332 g/mol. The van der Waals surface area contributed by atoms with Gasteiger partial charge in [-0.2, -0.15) is 0 Å². The van der Waals surface area contributed by atoms with Crippen molar-refractivity contribution in [3.05, 3.63) is 54.7 Å². The Morgan fingerprint density at radius 3 is 2.58 bits per heavy atom. The van der Waals surface area contributed by atoms with Gasteiger partial charge in [0.05, 0.1) is 5.56 Å². The highest BCUT2D eigenvalue weighted by atomic mass is 79.9. The molecule has 0 aliphatic heterocycles. The molecule has 6 heteroatoms. The standard InChI is InChI=1S/C13H10BrClN2O2/c14-9-4-2-1-3-8(9)10-11(15)16-13(19)17(12(10)18)7-5-6-7/h1-4,7H,5-6H2,(H,16,19). The van der Waals surface area contributed by atoms with Crippen molar-refractivity contribution in [1.29, 1.82) is 0 Å². The van der Waals surface area contributed by atoms with Gasteiger partial charge in [0.15, 0.2) is 0 Å². The van der Waals surface area contributed by atoms with Gasteiger partial charge < -0.3 is 0 Å². The molecule has 2 aromatic rings. The van der Waals surface area contributed by atoms with Crippen molar-refractivity contribution in [2.45, 2.75) is 18.9 Å². The first-order valence-electron chi connectivity index (χ1n) is 5.89. The van der Waals surface area contributed by atoms with Crippen LogP contribution >= 0.6 is 27.5 Å². The molecule has 3 rings (SSSR count). The molecule has 0 spiro atoms. The summed E-state index contributed by atoms with van der Waals surface area (Å²) in [4.78, 5) is 26.9. The lowest BCUT2D eigenvalue weighted by atomic mass is 10.1. The number of H-pyrrole nitrogens is 1. The Morgan fingerprint density at radius 2 is 1.95 bits per heavy atom. The van der Waals surface area contributed by atoms with E-state index in [1.807, 2.05) is 18.2 Å². The van der Waals surface area contributed by atoms with Crippen molar-refractivity contribution >= 4 is 27.5 Å². The fourth-order valence-corrected chi connectivity index (χ4v) is 2.83. The highest BCUT2D eigenvalue weighted by Gasteiger charge is 2.29. The molecule has 1 aliphatic rings. The number of benzene rings is 1. The fraction of sp³-hybridized carbons (Fsp3) is 0.231. The van der Waals surface area contributed by atoms with E-state index in [4.69, 9.17) is 11.6 Å². The number of halogens is 2. The number of aromatic nitrogens is 2. The zero-order valence-corrected chi connectivity index (χ0v) is 12.2. The maximum Gasteiger partial charge on any atom is 0.329 e. The van der Waals surface area contributed by atoms with Gasteiger partial charge in [-0.15, -0.1) is 0 Å². The molecule has 1 aliphatic carbocycles. The summed E-state index contributed by atoms with van der Waals surface area (Å²) in [7, 11) is 0. The Hall–Kier alpha value is -1.33. The zero-order chi connectivity index (χ0) is 13.6. The van der Waals surface area contributed by atoms with Gasteiger partial charge in [0.2, 0.25) is 0 Å². The minimum Gasteiger partial charge on any atom is -0.297 e. The van der Waals surface area contributed by atoms with Crippen LogP contribution in [-0.2, 0) is 0 Å². The summed E-state index contributed by atoms with van der Waals surface area (Å²) in [5.41, 5.74) is 0.250. The Labute approximate surface area is 122 Å². The van der Waals surface area contributed by atoms with E-state index in [0.717, 1.165) is 17.3 Å². The molecular formula is C13H10BrClN2O2. The largest absolute Gasteiger partial charge is 0.329 e. The molecule has 0 amide bonds. The lowest BCUT2D eigenvalue weighted by molar-refractivity contribution is 0.657. The van der Waals surface area contributed by atoms with E-state index in [1.54, 1.807) is 6.07 Å². The van der Waals surface area contributed by atoms with Crippen LogP contribution in [0.3, 0.4) is 0 Å². The highest BCUT2D eigenvalue weighted by molar-refractivity contribution is 9.10. The predicted octanol–water partition coefficient (Wildman–Crippen LogP) is 2.95. The Morgan fingerprint density at radius 1 is 1.26 bits per heavy atom. The van der Waals surface area contributed by atoms with E-state index in [9.17, 15) is 9.59 Å². The van der Waals surface area contributed by atoms with Crippen LogP contribution in [-0.4, -0.2) is 9.55 Å². The summed E-state index contributed by atoms with van der Waals surface area (Å²) in [5, 5.41) is 0.0822. The Bertz CT molecular complexity index is 762. The number of aromatic amines is 1. The third kappa shape index (κ3) is 2.17. The SMILES string of the molecule is O=c1[nH]c(Cl)c(-c2ccccc2Br)c(=O)n1C1CC1. The minimum atomic E-state index is -0.437. The molecule has 19 heavy (non-hydrogen) atoms. The second-order valence-electron chi connectivity index (χ2n) is 4.51. The van der Waals surface area contributed by atoms with Gasteiger partial charge in [0.25, 0.3) is 5.56 Å². The number of hydrogen-bond acceptors (Lipinski definition) is 2. The first kappa shape index (κ1) is 12.7. The van der Waals surface area contributed by atoms with Gasteiger partial charge in [-0.1, -0.05) is 45.7 Å². The molecule has 98 valence electrons. The molecule has 0 saturated heterocycles. The normalized spacial score (nSPS) is 14.6. The van der Waals surface area contributed by atoms with E-state index in [1.165, 1.54) is 4.57 Å². The van der Waals surface area contributed by atoms with E-state index < -0.39 is 5.69 Å². The second kappa shape index (κ2) is 4.65. The maximum atomic E-state index is 12.5. The van der Waals surface area contributed by atoms with E-state index in [0.29, 0.717) is 11.1 Å². The third-order valence-corrected chi connectivity index (χ3v) is 4.12. The summed E-state index contributed by atoms with van der Waals surface area (Å²) in [6.07, 6.45) is 1.72. The smallest absolute Gasteiger partial charge is 0.297 e. The van der Waals surface area contributed by atoms with Gasteiger partial charge in [-0.05, 0) is 18.9 Å². The average Bonchev–Trinajstić information content (AvgIpc) is 3.15. The van der Waals surface area contributed by atoms with Gasteiger partial charge in [0.1, 0.15) is 5.15 Å². The zero-order valence-electron chi connectivity index (χ0n) is 9.82. The van der Waals surface area contributed by atoms with Gasteiger partial charge >= 0.3 is 5.69 Å².